The quantitative estimate of drug-likeness (QED) is 0.0472. The maximum absolute atomic E-state index is 14.2. The number of aryl methyl sites for hydroxylation is 2. The smallest absolute Gasteiger partial charge is 0.246 e. The lowest BCUT2D eigenvalue weighted by Gasteiger charge is -2.36. The lowest BCUT2D eigenvalue weighted by molar-refractivity contribution is -0.144. The van der Waals surface area contributed by atoms with Crippen molar-refractivity contribution in [3.8, 4) is 0 Å². The molecule has 8 rings (SSSR count). The van der Waals surface area contributed by atoms with Crippen LogP contribution < -0.4 is 31.9 Å². The Kier molecular flexibility index (Phi) is 21.0. The molecule has 2 aromatic carbocycles. The molecule has 0 spiro atoms. The van der Waals surface area contributed by atoms with Crippen LogP contribution in [0.3, 0.4) is 0 Å². The van der Waals surface area contributed by atoms with Crippen molar-refractivity contribution in [3.63, 3.8) is 0 Å². The molecule has 20 nitrogen and oxygen atoms in total. The SMILES string of the molecule is CN[C@@H](C)C(=O)N[C@H]1CCCC[C@H]2CC[C@@H](C(=O)N[C@H](c3ccccc3)c3cn(CCCCCCCCCCn4cc([C@@H](NC(=O)[C@@H]5CC[C@@H]6CCCC[C@H](NC(=O)[C@H](C)NC)C(=O)N65)c5ccccc5)nn4)nn3)N2C1=O. The molecule has 6 heterocycles. The van der Waals surface area contributed by atoms with Crippen molar-refractivity contribution in [2.45, 2.75) is 216 Å². The number of unbranched alkanes of at least 4 members (excludes halogenated alkanes) is 7. The number of nitrogens with zero attached hydrogens (tertiary/aromatic N) is 8. The van der Waals surface area contributed by atoms with Crippen molar-refractivity contribution in [1.82, 2.24) is 71.7 Å². The first-order valence-electron chi connectivity index (χ1n) is 29.0. The van der Waals surface area contributed by atoms with Gasteiger partial charge in [-0.2, -0.15) is 0 Å². The predicted octanol–water partition coefficient (Wildman–Crippen LogP) is 5.15. The molecule has 4 aliphatic rings. The van der Waals surface area contributed by atoms with Gasteiger partial charge in [0.25, 0.3) is 0 Å². The predicted molar refractivity (Wildman–Crippen MR) is 295 cm³/mol. The molecule has 4 aromatic rings. The van der Waals surface area contributed by atoms with E-state index in [4.69, 9.17) is 0 Å². The highest BCUT2D eigenvalue weighted by molar-refractivity contribution is 5.95. The van der Waals surface area contributed by atoms with Crippen molar-refractivity contribution in [2.24, 2.45) is 0 Å². The number of rotatable bonds is 25. The van der Waals surface area contributed by atoms with E-state index < -0.39 is 48.3 Å². The molecule has 0 unspecified atom stereocenters. The second-order valence-electron chi connectivity index (χ2n) is 22.0. The van der Waals surface area contributed by atoms with Crippen LogP contribution in [0, 0.1) is 0 Å². The van der Waals surface area contributed by atoms with Crippen LogP contribution in [-0.2, 0) is 41.9 Å². The summed E-state index contributed by atoms with van der Waals surface area (Å²) in [4.78, 5) is 85.8. The van der Waals surface area contributed by atoms with E-state index in [0.29, 0.717) is 50.2 Å². The molecule has 20 heteroatoms. The van der Waals surface area contributed by atoms with E-state index in [0.717, 1.165) is 114 Å². The van der Waals surface area contributed by atoms with Gasteiger partial charge in [-0.05, 0) is 103 Å². The first-order valence-corrected chi connectivity index (χ1v) is 29.0. The molecule has 422 valence electrons. The lowest BCUT2D eigenvalue weighted by atomic mass is 9.98. The Morgan fingerprint density at radius 1 is 0.513 bits per heavy atom. The molecule has 4 fully saturated rings. The largest absolute Gasteiger partial charge is 0.343 e. The second-order valence-corrected chi connectivity index (χ2v) is 22.0. The van der Waals surface area contributed by atoms with Crippen molar-refractivity contribution in [1.29, 1.82) is 0 Å². The Bertz CT molecular complexity index is 2420. The van der Waals surface area contributed by atoms with Gasteiger partial charge < -0.3 is 41.7 Å². The summed E-state index contributed by atoms with van der Waals surface area (Å²) in [5.41, 5.74) is 3.03. The van der Waals surface area contributed by atoms with E-state index in [1.165, 1.54) is 0 Å². The number of hydrogen-bond acceptors (Lipinski definition) is 12. The van der Waals surface area contributed by atoms with Crippen LogP contribution in [0.4, 0.5) is 0 Å². The van der Waals surface area contributed by atoms with Crippen molar-refractivity contribution < 1.29 is 28.8 Å². The van der Waals surface area contributed by atoms with Crippen LogP contribution in [0.15, 0.2) is 73.1 Å². The van der Waals surface area contributed by atoms with E-state index in [2.05, 4.69) is 52.5 Å². The van der Waals surface area contributed by atoms with Gasteiger partial charge in [0.15, 0.2) is 0 Å². The van der Waals surface area contributed by atoms with Crippen molar-refractivity contribution >= 4 is 35.4 Å². The van der Waals surface area contributed by atoms with Gasteiger partial charge in [0.1, 0.15) is 35.6 Å². The Hall–Kier alpha value is -6.54. The summed E-state index contributed by atoms with van der Waals surface area (Å²) in [5, 5.41) is 36.3. The third kappa shape index (κ3) is 14.8. The van der Waals surface area contributed by atoms with Crippen LogP contribution in [0.5, 0.6) is 0 Å². The molecule has 10 atom stereocenters. The number of aromatic nitrogens is 6. The van der Waals surface area contributed by atoms with Crippen LogP contribution in [0.25, 0.3) is 0 Å². The third-order valence-corrected chi connectivity index (χ3v) is 16.6. The molecule has 6 amide bonds. The molecule has 2 aromatic heterocycles. The average Bonchev–Trinajstić information content (AvgIpc) is 4.32. The summed E-state index contributed by atoms with van der Waals surface area (Å²) >= 11 is 0. The number of amides is 6. The van der Waals surface area contributed by atoms with Crippen LogP contribution in [0.1, 0.15) is 177 Å². The number of nitrogens with one attached hydrogen (secondary N) is 6. The molecular formula is C58H84N14O6. The zero-order chi connectivity index (χ0) is 55.0. The zero-order valence-corrected chi connectivity index (χ0v) is 46.3. The van der Waals surface area contributed by atoms with E-state index in [1.54, 1.807) is 37.7 Å². The minimum atomic E-state index is -0.671. The first-order chi connectivity index (χ1) is 37.9. The van der Waals surface area contributed by atoms with Gasteiger partial charge in [-0.3, -0.25) is 38.1 Å². The fourth-order valence-electron chi connectivity index (χ4n) is 11.8. The molecule has 0 aliphatic carbocycles. The topological polar surface area (TPSA) is 242 Å². The van der Waals surface area contributed by atoms with Crippen molar-refractivity contribution in [2.75, 3.05) is 14.1 Å². The number of carbonyl (C=O) groups is 6. The summed E-state index contributed by atoms with van der Waals surface area (Å²) in [5.74, 6) is -1.29. The van der Waals surface area contributed by atoms with Gasteiger partial charge in [0, 0.05) is 25.2 Å². The van der Waals surface area contributed by atoms with Gasteiger partial charge in [-0.1, -0.05) is 135 Å². The van der Waals surface area contributed by atoms with E-state index in [-0.39, 0.29) is 47.5 Å². The normalized spacial score (nSPS) is 23.1. The van der Waals surface area contributed by atoms with Crippen molar-refractivity contribution in [3.05, 3.63) is 95.6 Å². The van der Waals surface area contributed by atoms with Gasteiger partial charge in [-0.25, -0.2) is 0 Å². The minimum absolute atomic E-state index is 0.0427. The average molecular weight is 1070 g/mol. The molecule has 0 bridgehead atoms. The maximum Gasteiger partial charge on any atom is 0.246 e. The Balaban J connectivity index is 0.771. The van der Waals surface area contributed by atoms with Gasteiger partial charge in [0.05, 0.1) is 36.6 Å². The number of hydrogen-bond donors (Lipinski definition) is 6. The highest BCUT2D eigenvalue weighted by Gasteiger charge is 2.46. The molecule has 6 N–H and O–H groups in total. The fraction of sp³-hybridized carbons (Fsp3) is 0.621. The highest BCUT2D eigenvalue weighted by atomic mass is 16.2. The summed E-state index contributed by atoms with van der Waals surface area (Å²) in [6.07, 6.45) is 21.3. The summed E-state index contributed by atoms with van der Waals surface area (Å²) in [6.45, 7) is 4.94. The van der Waals surface area contributed by atoms with E-state index >= 15 is 0 Å². The molecular weight excluding hydrogens is 989 g/mol. The molecule has 4 saturated heterocycles. The van der Waals surface area contributed by atoms with Gasteiger partial charge in [0.2, 0.25) is 35.4 Å². The first kappa shape index (κ1) is 57.6. The Morgan fingerprint density at radius 3 is 1.27 bits per heavy atom. The maximum atomic E-state index is 14.2. The Morgan fingerprint density at radius 2 is 0.885 bits per heavy atom. The second kappa shape index (κ2) is 28.4. The third-order valence-electron chi connectivity index (χ3n) is 16.6. The monoisotopic (exact) mass is 1070 g/mol. The molecule has 4 aliphatic heterocycles. The fourth-order valence-corrected chi connectivity index (χ4v) is 11.8. The van der Waals surface area contributed by atoms with Gasteiger partial charge in [-0.15, -0.1) is 10.2 Å². The van der Waals surface area contributed by atoms with E-state index in [9.17, 15) is 28.8 Å². The number of likely N-dealkylation sites (N-methyl/N-ethyl adjacent to an activating group) is 2. The zero-order valence-electron chi connectivity index (χ0n) is 46.3. The van der Waals surface area contributed by atoms with Crippen LogP contribution in [0.2, 0.25) is 0 Å². The van der Waals surface area contributed by atoms with E-state index in [1.807, 2.05) is 82.4 Å². The van der Waals surface area contributed by atoms with Crippen LogP contribution in [-0.4, -0.2) is 138 Å². The molecule has 0 radical (unpaired) electrons. The molecule has 0 saturated carbocycles. The summed E-state index contributed by atoms with van der Waals surface area (Å²) in [7, 11) is 3.43. The lowest BCUT2D eigenvalue weighted by Crippen LogP contribution is -2.58. The highest BCUT2D eigenvalue weighted by Crippen LogP contribution is 2.34. The summed E-state index contributed by atoms with van der Waals surface area (Å²) in [6, 6.07) is 14.8. The number of benzene rings is 2. The number of carbonyl (C=O) groups excluding carboxylic acids is 6. The molecule has 78 heavy (non-hydrogen) atoms. The van der Waals surface area contributed by atoms with Crippen LogP contribution >= 0.6 is 0 Å². The van der Waals surface area contributed by atoms with Gasteiger partial charge >= 0.3 is 0 Å². The summed E-state index contributed by atoms with van der Waals surface area (Å²) < 4.78 is 3.70. The standard InChI is InChI=1S/C58H84N14O6/c1-39(59-3)53(73)61-45-29-19-17-27-43-31-33-49(71(43)57(45)77)55(75)63-51(41-23-13-11-14-24-41)47-37-69(67-65-47)35-21-9-7-5-6-8-10-22-36-70-38-48(66-68-70)52(42-25-15-12-16-26-42)64-56(76)50-34-32-44-28-18-20-30-46(58(78)72(44)50)62-54(74)40(2)60-4/h11-16,23-26,37-40,43-46,49-52,59-60H,5-10,17-22,27-36H2,1-4H3,(H,61,73)(H,62,74)(H,63,75)(H,64,76)/t39-,40-,43-,44-,45-,46-,49-,50-,51-,52+/m0/s1. The number of fused-ring (bicyclic) bond motifs is 2. The Labute approximate surface area is 459 Å². The minimum Gasteiger partial charge on any atom is -0.343 e.